The molecule has 1 aromatic rings. The zero-order chi connectivity index (χ0) is 27.9. The van der Waals surface area contributed by atoms with Crippen molar-refractivity contribution in [2.45, 2.75) is 51.9 Å². The molecule has 3 rings (SSSR count). The second-order valence-corrected chi connectivity index (χ2v) is 8.57. The predicted molar refractivity (Wildman–Crippen MR) is 135 cm³/mol. The van der Waals surface area contributed by atoms with Crippen LogP contribution in [0.4, 0.5) is 0 Å². The second kappa shape index (κ2) is 12.4. The second-order valence-electron chi connectivity index (χ2n) is 8.57. The minimum Gasteiger partial charge on any atom is -0.494 e. The third-order valence-electron chi connectivity index (χ3n) is 5.78. The van der Waals surface area contributed by atoms with Gasteiger partial charge in [0.05, 0.1) is 26.2 Å². The van der Waals surface area contributed by atoms with Crippen LogP contribution in [0.1, 0.15) is 45.1 Å². The van der Waals surface area contributed by atoms with Gasteiger partial charge in [0.15, 0.2) is 0 Å². The maximum Gasteiger partial charge on any atom is 0.348 e. The third-order valence-corrected chi connectivity index (χ3v) is 5.78. The fraction of sp³-hybridized carbons (Fsp3) is 0.423. The third kappa shape index (κ3) is 6.38. The van der Waals surface area contributed by atoms with Crippen LogP contribution >= 0.6 is 0 Å². The topological polar surface area (TPSA) is 152 Å². The van der Waals surface area contributed by atoms with Crippen molar-refractivity contribution in [3.63, 3.8) is 0 Å². The number of methoxy groups -OCH3 is 1. The molecule has 38 heavy (non-hydrogen) atoms. The normalized spacial score (nSPS) is 19.2. The highest BCUT2D eigenvalue weighted by Crippen LogP contribution is 2.28. The molecule has 0 unspecified atom stereocenters. The Labute approximate surface area is 218 Å². The molecule has 1 N–H and O–H groups in total. The first-order valence-corrected chi connectivity index (χ1v) is 12.1. The summed E-state index contributed by atoms with van der Waals surface area (Å²) >= 11 is 0. The molecule has 1 aliphatic heterocycles. The highest BCUT2D eigenvalue weighted by Gasteiger charge is 2.42. The molecular formula is C26H30N2O10. The summed E-state index contributed by atoms with van der Waals surface area (Å²) in [5.41, 5.74) is -1.85. The SMILES string of the molecule is CCOC(=O)CCC1(C)OC(=O)C(=C/C=C/c2c(O)n(CCOC)c(=O)n(C3=CCCC=C3)c2=O)C(=O)O1. The van der Waals surface area contributed by atoms with Crippen LogP contribution in [0, 0.1) is 0 Å². The standard InChI is InChI=1S/C26H30N2O10/c1-4-36-20(29)13-14-26(2)37-23(32)19(24(33)38-26)12-8-11-18-21(30)27(15-16-35-3)25(34)28(22(18)31)17-9-6-5-7-10-17/h6,8-12,30H,4-5,7,13-16H2,1-3H3/b11-8+,19-12?. The molecule has 12 nitrogen and oxygen atoms in total. The molecule has 2 heterocycles. The van der Waals surface area contributed by atoms with Gasteiger partial charge in [-0.05, 0) is 38.0 Å². The Bertz CT molecular complexity index is 1320. The Balaban J connectivity index is 1.91. The van der Waals surface area contributed by atoms with Gasteiger partial charge in [0.2, 0.25) is 5.88 Å². The lowest BCUT2D eigenvalue weighted by molar-refractivity contribution is -0.231. The number of carbonyl (C=O) groups excluding carboxylic acids is 3. The average Bonchev–Trinajstić information content (AvgIpc) is 2.87. The van der Waals surface area contributed by atoms with Crippen LogP contribution in [0.15, 0.2) is 45.5 Å². The van der Waals surface area contributed by atoms with E-state index in [2.05, 4.69) is 0 Å². The monoisotopic (exact) mass is 530 g/mol. The van der Waals surface area contributed by atoms with Crippen LogP contribution in [0.25, 0.3) is 11.8 Å². The number of carbonyl (C=O) groups is 3. The molecule has 12 heteroatoms. The smallest absolute Gasteiger partial charge is 0.348 e. The summed E-state index contributed by atoms with van der Waals surface area (Å²) in [5.74, 6) is -4.74. The summed E-state index contributed by atoms with van der Waals surface area (Å²) in [6, 6.07) is 0. The predicted octanol–water partition coefficient (Wildman–Crippen LogP) is 1.65. The Morgan fingerprint density at radius 1 is 1.18 bits per heavy atom. The molecule has 0 amide bonds. The van der Waals surface area contributed by atoms with Crippen LogP contribution < -0.4 is 11.2 Å². The molecule has 1 saturated heterocycles. The number of aromatic nitrogens is 2. The zero-order valence-electron chi connectivity index (χ0n) is 21.4. The van der Waals surface area contributed by atoms with Crippen molar-refractivity contribution < 1.29 is 38.4 Å². The van der Waals surface area contributed by atoms with Crippen molar-refractivity contribution in [2.24, 2.45) is 0 Å². The van der Waals surface area contributed by atoms with Crippen LogP contribution in [-0.2, 0) is 39.9 Å². The van der Waals surface area contributed by atoms with E-state index in [0.29, 0.717) is 12.1 Å². The van der Waals surface area contributed by atoms with Gasteiger partial charge in [0, 0.05) is 26.2 Å². The lowest BCUT2D eigenvalue weighted by Gasteiger charge is -2.33. The Hall–Kier alpha value is -4.19. The highest BCUT2D eigenvalue weighted by atomic mass is 16.7. The Morgan fingerprint density at radius 3 is 2.50 bits per heavy atom. The van der Waals surface area contributed by atoms with Gasteiger partial charge in [-0.2, -0.15) is 0 Å². The minimum atomic E-state index is -1.65. The van der Waals surface area contributed by atoms with Gasteiger partial charge in [0.1, 0.15) is 11.1 Å². The number of allylic oxidation sites excluding steroid dienone is 6. The number of ether oxygens (including phenoxy) is 4. The fourth-order valence-corrected chi connectivity index (χ4v) is 3.83. The first kappa shape index (κ1) is 28.4. The number of esters is 3. The molecule has 1 aliphatic carbocycles. The maximum absolute atomic E-state index is 13.2. The molecule has 0 bridgehead atoms. The Morgan fingerprint density at radius 2 is 1.89 bits per heavy atom. The molecule has 0 atom stereocenters. The fourth-order valence-electron chi connectivity index (χ4n) is 3.83. The van der Waals surface area contributed by atoms with E-state index in [9.17, 15) is 29.1 Å². The number of hydrogen-bond acceptors (Lipinski definition) is 10. The molecule has 0 saturated carbocycles. The van der Waals surface area contributed by atoms with Gasteiger partial charge in [-0.15, -0.1) is 0 Å². The summed E-state index contributed by atoms with van der Waals surface area (Å²) in [5, 5.41) is 10.7. The van der Waals surface area contributed by atoms with Gasteiger partial charge < -0.3 is 24.1 Å². The molecule has 2 aliphatic rings. The van der Waals surface area contributed by atoms with Gasteiger partial charge in [-0.1, -0.05) is 18.2 Å². The van der Waals surface area contributed by atoms with Crippen molar-refractivity contribution >= 4 is 29.7 Å². The van der Waals surface area contributed by atoms with Crippen molar-refractivity contribution in [1.29, 1.82) is 0 Å². The van der Waals surface area contributed by atoms with E-state index in [4.69, 9.17) is 18.9 Å². The van der Waals surface area contributed by atoms with E-state index < -0.39 is 46.4 Å². The van der Waals surface area contributed by atoms with Gasteiger partial charge in [0.25, 0.3) is 11.3 Å². The molecule has 1 aromatic heterocycles. The van der Waals surface area contributed by atoms with Gasteiger partial charge in [-0.25, -0.2) is 19.0 Å². The number of cyclic esters (lactones) is 2. The van der Waals surface area contributed by atoms with Crippen LogP contribution in [-0.4, -0.2) is 58.3 Å². The Kier molecular flexibility index (Phi) is 9.24. The van der Waals surface area contributed by atoms with E-state index in [1.54, 1.807) is 19.1 Å². The molecule has 204 valence electrons. The average molecular weight is 531 g/mol. The quantitative estimate of drug-likeness (QED) is 0.268. The van der Waals surface area contributed by atoms with Crippen molar-refractivity contribution in [3.8, 4) is 5.88 Å². The molecule has 0 aromatic carbocycles. The van der Waals surface area contributed by atoms with Crippen molar-refractivity contribution in [2.75, 3.05) is 20.3 Å². The number of nitrogens with zero attached hydrogens (tertiary/aromatic N) is 2. The number of rotatable bonds is 10. The van der Waals surface area contributed by atoms with Gasteiger partial charge >= 0.3 is 23.6 Å². The van der Waals surface area contributed by atoms with Gasteiger partial charge in [-0.3, -0.25) is 14.2 Å². The first-order valence-electron chi connectivity index (χ1n) is 12.1. The van der Waals surface area contributed by atoms with Crippen LogP contribution in [0.5, 0.6) is 5.88 Å². The molecule has 0 spiro atoms. The molecular weight excluding hydrogens is 500 g/mol. The van der Waals surface area contributed by atoms with E-state index >= 15 is 0 Å². The minimum absolute atomic E-state index is 0.0244. The zero-order valence-corrected chi connectivity index (χ0v) is 21.4. The summed E-state index contributed by atoms with van der Waals surface area (Å²) < 4.78 is 22.2. The summed E-state index contributed by atoms with van der Waals surface area (Å²) in [4.78, 5) is 62.8. The largest absolute Gasteiger partial charge is 0.494 e. The molecule has 0 radical (unpaired) electrons. The van der Waals surface area contributed by atoms with E-state index in [1.807, 2.05) is 6.08 Å². The van der Waals surface area contributed by atoms with Crippen molar-refractivity contribution in [3.05, 3.63) is 62.4 Å². The summed E-state index contributed by atoms with van der Waals surface area (Å²) in [6.07, 6.45) is 9.83. The maximum atomic E-state index is 13.2. The van der Waals surface area contributed by atoms with E-state index in [0.717, 1.165) is 21.6 Å². The van der Waals surface area contributed by atoms with E-state index in [1.165, 1.54) is 26.2 Å². The lowest BCUT2D eigenvalue weighted by Crippen LogP contribution is -2.44. The van der Waals surface area contributed by atoms with E-state index in [-0.39, 0.29) is 38.2 Å². The van der Waals surface area contributed by atoms with Crippen molar-refractivity contribution in [1.82, 2.24) is 9.13 Å². The number of aromatic hydroxyl groups is 1. The summed E-state index contributed by atoms with van der Waals surface area (Å²) in [6.45, 7) is 3.27. The van der Waals surface area contributed by atoms with Crippen LogP contribution in [0.3, 0.4) is 0 Å². The highest BCUT2D eigenvalue weighted by molar-refractivity contribution is 6.15. The number of hydrogen-bond donors (Lipinski definition) is 1. The van der Waals surface area contributed by atoms with Crippen LogP contribution in [0.2, 0.25) is 0 Å². The first-order chi connectivity index (χ1) is 18.1. The lowest BCUT2D eigenvalue weighted by atomic mass is 10.1. The summed E-state index contributed by atoms with van der Waals surface area (Å²) in [7, 11) is 1.43. The molecule has 1 fully saturated rings.